The van der Waals surface area contributed by atoms with E-state index in [2.05, 4.69) is 4.98 Å². The van der Waals surface area contributed by atoms with Gasteiger partial charge in [-0.1, -0.05) is 41.2 Å². The molecule has 1 aromatic heterocycles. The Hall–Kier alpha value is -2.74. The Bertz CT molecular complexity index is 1250. The van der Waals surface area contributed by atoms with Crippen molar-refractivity contribution < 1.29 is 28.0 Å². The van der Waals surface area contributed by atoms with Crippen LogP contribution in [0.1, 0.15) is 30.7 Å². The molecule has 2 N–H and O–H groups in total. The van der Waals surface area contributed by atoms with Crippen molar-refractivity contribution in [2.24, 2.45) is 5.73 Å². The van der Waals surface area contributed by atoms with Gasteiger partial charge in [-0.25, -0.2) is 4.98 Å². The lowest BCUT2D eigenvalue weighted by atomic mass is 9.98. The molecule has 1 atom stereocenters. The van der Waals surface area contributed by atoms with Crippen molar-refractivity contribution in [3.05, 3.63) is 60.0 Å². The summed E-state index contributed by atoms with van der Waals surface area (Å²) < 4.78 is 36.0. The minimum absolute atomic E-state index is 0.382. The highest BCUT2D eigenvalue weighted by Gasteiger charge is 2.51. The molecule has 1 unspecified atom stereocenters. The first-order valence-corrected chi connectivity index (χ1v) is 15.8. The number of rotatable bonds is 11. The number of hydrogen-bond acceptors (Lipinski definition) is 8. The lowest BCUT2D eigenvalue weighted by molar-refractivity contribution is -0.122. The number of aryl methyl sites for hydroxylation is 2. The average Bonchev–Trinajstić information content (AvgIpc) is 3.31. The molecule has 0 saturated carbocycles. The van der Waals surface area contributed by atoms with E-state index in [0.717, 1.165) is 10.5 Å². The maximum absolute atomic E-state index is 13.6. The third-order valence-electron chi connectivity index (χ3n) is 6.61. The van der Waals surface area contributed by atoms with E-state index in [4.69, 9.17) is 24.4 Å². The van der Waals surface area contributed by atoms with Gasteiger partial charge < -0.3 is 28.9 Å². The maximum Gasteiger partial charge on any atom is 0.313 e. The molecule has 1 aliphatic rings. The van der Waals surface area contributed by atoms with Gasteiger partial charge in [0, 0.05) is 30.1 Å². The van der Waals surface area contributed by atoms with Crippen LogP contribution in [0.3, 0.4) is 0 Å². The Morgan fingerprint density at radius 3 is 2.43 bits per heavy atom. The fourth-order valence-electron chi connectivity index (χ4n) is 4.35. The highest BCUT2D eigenvalue weighted by atomic mass is 32.7. The van der Waals surface area contributed by atoms with Gasteiger partial charge in [-0.15, -0.1) is 0 Å². The van der Waals surface area contributed by atoms with Crippen molar-refractivity contribution in [1.82, 2.24) is 4.98 Å². The Morgan fingerprint density at radius 1 is 1.14 bits per heavy atom. The predicted octanol–water partition coefficient (Wildman–Crippen LogP) is 5.70. The summed E-state index contributed by atoms with van der Waals surface area (Å²) in [5, 5.41) is -1.03. The first-order chi connectivity index (χ1) is 17.7. The van der Waals surface area contributed by atoms with Crippen LogP contribution < -0.4 is 15.2 Å². The number of benzene rings is 2. The fourth-order valence-corrected chi connectivity index (χ4v) is 9.49. The number of carbonyl (C=O) groups excluding carboxylic acids is 1. The first-order valence-electron chi connectivity index (χ1n) is 12.2. The van der Waals surface area contributed by atoms with Crippen LogP contribution in [0.5, 0.6) is 11.7 Å². The van der Waals surface area contributed by atoms with Crippen LogP contribution in [-0.2, 0) is 20.5 Å². The molecular formula is C27H33N2O6PS. The van der Waals surface area contributed by atoms with E-state index in [9.17, 15) is 9.36 Å². The molecule has 2 aromatic carbocycles. The number of ether oxygens (including phenoxy) is 3. The van der Waals surface area contributed by atoms with Crippen LogP contribution in [0, 0.1) is 6.92 Å². The quantitative estimate of drug-likeness (QED) is 0.241. The monoisotopic (exact) mass is 544 g/mol. The van der Waals surface area contributed by atoms with Crippen molar-refractivity contribution in [3.8, 4) is 23.0 Å². The molecule has 0 bridgehead atoms. The van der Waals surface area contributed by atoms with Crippen molar-refractivity contribution in [1.29, 1.82) is 0 Å². The van der Waals surface area contributed by atoms with Gasteiger partial charge in [-0.3, -0.25) is 4.79 Å². The second-order valence-corrected chi connectivity index (χ2v) is 15.0. The minimum atomic E-state index is -2.99. The van der Waals surface area contributed by atoms with Gasteiger partial charge in [0.1, 0.15) is 10.9 Å². The molecule has 198 valence electrons. The van der Waals surface area contributed by atoms with Gasteiger partial charge in [0.2, 0.25) is 5.91 Å². The summed E-state index contributed by atoms with van der Waals surface area (Å²) in [7, 11) is 1.57. The molecule has 3 aromatic rings. The number of primary amides is 1. The second-order valence-electron chi connectivity index (χ2n) is 9.18. The zero-order valence-corrected chi connectivity index (χ0v) is 23.1. The normalized spacial score (nSPS) is 16.6. The standard InChI is InChI=1S/C27H33N2O6PS/c1-19-6-8-20(9-7-19)24-25(32-2)35-23(29-24)5-4-16-34-21-10-12-22(13-11-21)37-36(3,31)27(26(28)30)14-17-33-18-15-27/h6-13H,4-5,14-18H2,1-3H3,(H2,28,30). The number of nitrogens with two attached hydrogens (primary N) is 1. The van der Waals surface area contributed by atoms with Crippen molar-refractivity contribution in [2.45, 2.75) is 42.7 Å². The Morgan fingerprint density at radius 2 is 1.81 bits per heavy atom. The SMILES string of the molecule is COc1oc(CCCOc2ccc(SP(C)(=O)C3(C(N)=O)CCOCC3)cc2)nc1-c1ccc(C)cc1. The zero-order chi connectivity index (χ0) is 26.5. The number of oxazole rings is 1. The number of nitrogens with zero attached hydrogens (tertiary/aromatic N) is 1. The average molecular weight is 545 g/mol. The topological polar surface area (TPSA) is 114 Å². The maximum atomic E-state index is 13.6. The van der Waals surface area contributed by atoms with E-state index >= 15 is 0 Å². The number of hydrogen-bond donors (Lipinski definition) is 1. The lowest BCUT2D eigenvalue weighted by Crippen LogP contribution is -2.47. The molecule has 1 aliphatic heterocycles. The number of amides is 1. The first kappa shape index (κ1) is 27.3. The van der Waals surface area contributed by atoms with Crippen molar-refractivity contribution in [3.63, 3.8) is 0 Å². The smallest absolute Gasteiger partial charge is 0.313 e. The Kier molecular flexibility index (Phi) is 8.67. The lowest BCUT2D eigenvalue weighted by Gasteiger charge is -2.38. The molecule has 1 saturated heterocycles. The highest BCUT2D eigenvalue weighted by molar-refractivity contribution is 8.58. The van der Waals surface area contributed by atoms with Crippen LogP contribution in [0.25, 0.3) is 11.3 Å². The van der Waals surface area contributed by atoms with E-state index < -0.39 is 17.4 Å². The van der Waals surface area contributed by atoms with Crippen LogP contribution in [0.15, 0.2) is 57.8 Å². The van der Waals surface area contributed by atoms with Crippen molar-refractivity contribution in [2.75, 3.05) is 33.6 Å². The van der Waals surface area contributed by atoms with Gasteiger partial charge in [0.25, 0.3) is 0 Å². The Balaban J connectivity index is 1.30. The fraction of sp³-hybridized carbons (Fsp3) is 0.407. The second kappa shape index (κ2) is 11.8. The predicted molar refractivity (Wildman–Crippen MR) is 145 cm³/mol. The molecule has 2 heterocycles. The largest absolute Gasteiger partial charge is 0.494 e. The molecule has 0 aliphatic carbocycles. The molecule has 37 heavy (non-hydrogen) atoms. The van der Waals surface area contributed by atoms with E-state index in [0.29, 0.717) is 68.8 Å². The summed E-state index contributed by atoms with van der Waals surface area (Å²) in [6.07, 6.45) is -0.909. The Labute approximate surface area is 221 Å². The molecular weight excluding hydrogens is 511 g/mol. The number of carbonyl (C=O) groups is 1. The third kappa shape index (κ3) is 6.22. The van der Waals surface area contributed by atoms with Crippen LogP contribution in [0.2, 0.25) is 0 Å². The van der Waals surface area contributed by atoms with Crippen LogP contribution >= 0.6 is 17.7 Å². The van der Waals surface area contributed by atoms with Gasteiger partial charge in [-0.05, 0) is 57.1 Å². The van der Waals surface area contributed by atoms with Gasteiger partial charge in [0.05, 0.1) is 13.7 Å². The highest BCUT2D eigenvalue weighted by Crippen LogP contribution is 2.70. The van der Waals surface area contributed by atoms with Crippen LogP contribution in [-0.4, -0.2) is 49.6 Å². The molecule has 10 heteroatoms. The van der Waals surface area contributed by atoms with E-state index in [1.165, 1.54) is 16.9 Å². The number of aromatic nitrogens is 1. The summed E-state index contributed by atoms with van der Waals surface area (Å²) in [4.78, 5) is 17.7. The molecule has 1 fully saturated rings. The third-order valence-corrected chi connectivity index (χ3v) is 12.4. The van der Waals surface area contributed by atoms with Gasteiger partial charge in [-0.2, -0.15) is 0 Å². The summed E-state index contributed by atoms with van der Waals surface area (Å²) >= 11 is 1.23. The van der Waals surface area contributed by atoms with Gasteiger partial charge in [0.15, 0.2) is 17.9 Å². The summed E-state index contributed by atoms with van der Waals surface area (Å²) in [5.41, 5.74) is 8.52. The molecule has 4 rings (SSSR count). The van der Waals surface area contributed by atoms with E-state index in [1.807, 2.05) is 55.5 Å². The molecule has 0 radical (unpaired) electrons. The molecule has 1 amide bonds. The van der Waals surface area contributed by atoms with Gasteiger partial charge >= 0.3 is 5.95 Å². The molecule has 8 nitrogen and oxygen atoms in total. The van der Waals surface area contributed by atoms with Crippen LogP contribution in [0.4, 0.5) is 0 Å². The minimum Gasteiger partial charge on any atom is -0.494 e. The van der Waals surface area contributed by atoms with Crippen molar-refractivity contribution >= 4 is 23.6 Å². The summed E-state index contributed by atoms with van der Waals surface area (Å²) in [5.74, 6) is 1.19. The zero-order valence-electron chi connectivity index (χ0n) is 21.4. The number of methoxy groups -OCH3 is 1. The summed E-state index contributed by atoms with van der Waals surface area (Å²) in [6, 6.07) is 15.5. The van der Waals surface area contributed by atoms with E-state index in [1.54, 1.807) is 13.8 Å². The molecule has 0 spiro atoms. The summed E-state index contributed by atoms with van der Waals surface area (Å²) in [6.45, 7) is 4.95. The van der Waals surface area contributed by atoms with E-state index in [-0.39, 0.29) is 0 Å².